The van der Waals surface area contributed by atoms with Crippen LogP contribution in [0.25, 0.3) is 12.2 Å². The standard InChI is InChI=1S/C17H20O2Si/c1-18-20(3,19-2)17-12-8-7-11-16(17)14-13-15-9-5-4-6-10-15/h4-14H,1-3H3. The van der Waals surface area contributed by atoms with Crippen LogP contribution in [0.1, 0.15) is 11.1 Å². The van der Waals surface area contributed by atoms with Gasteiger partial charge in [-0.2, -0.15) is 0 Å². The van der Waals surface area contributed by atoms with E-state index in [0.717, 1.165) is 10.8 Å². The van der Waals surface area contributed by atoms with Gasteiger partial charge in [-0.05, 0) is 17.7 Å². The van der Waals surface area contributed by atoms with Gasteiger partial charge in [0.1, 0.15) is 0 Å². The highest BCUT2D eigenvalue weighted by Crippen LogP contribution is 2.12. The molecule has 0 atom stereocenters. The fourth-order valence-electron chi connectivity index (χ4n) is 2.11. The van der Waals surface area contributed by atoms with Crippen molar-refractivity contribution in [2.24, 2.45) is 0 Å². The summed E-state index contributed by atoms with van der Waals surface area (Å²) in [5, 5.41) is 1.15. The van der Waals surface area contributed by atoms with E-state index in [0.29, 0.717) is 0 Å². The van der Waals surface area contributed by atoms with Crippen LogP contribution in [0, 0.1) is 0 Å². The molecule has 104 valence electrons. The summed E-state index contributed by atoms with van der Waals surface area (Å²) in [5.74, 6) is 0. The summed E-state index contributed by atoms with van der Waals surface area (Å²) in [6.07, 6.45) is 4.23. The SMILES string of the molecule is CO[Si](C)(OC)c1ccccc1C=Cc1ccccc1. The van der Waals surface area contributed by atoms with Crippen molar-refractivity contribution >= 4 is 25.9 Å². The van der Waals surface area contributed by atoms with E-state index in [2.05, 4.69) is 43.0 Å². The molecule has 0 radical (unpaired) electrons. The van der Waals surface area contributed by atoms with Crippen LogP contribution in [0.5, 0.6) is 0 Å². The fourth-order valence-corrected chi connectivity index (χ4v) is 3.81. The predicted molar refractivity (Wildman–Crippen MR) is 87.1 cm³/mol. The maximum atomic E-state index is 5.65. The van der Waals surface area contributed by atoms with Gasteiger partial charge in [0.15, 0.2) is 0 Å². The molecule has 0 fully saturated rings. The van der Waals surface area contributed by atoms with Crippen LogP contribution in [-0.2, 0) is 8.85 Å². The second kappa shape index (κ2) is 6.66. The molecular formula is C17H20O2Si. The minimum Gasteiger partial charge on any atom is -0.394 e. The van der Waals surface area contributed by atoms with E-state index in [9.17, 15) is 0 Å². The highest BCUT2D eigenvalue weighted by Gasteiger charge is 2.33. The zero-order valence-corrected chi connectivity index (χ0v) is 13.2. The minimum absolute atomic E-state index is 1.15. The third-order valence-electron chi connectivity index (χ3n) is 3.48. The molecule has 0 N–H and O–H groups in total. The van der Waals surface area contributed by atoms with Gasteiger partial charge in [-0.1, -0.05) is 66.7 Å². The Morgan fingerprint density at radius 1 is 0.800 bits per heavy atom. The van der Waals surface area contributed by atoms with E-state index in [1.807, 2.05) is 30.3 Å². The highest BCUT2D eigenvalue weighted by atomic mass is 28.4. The average molecular weight is 284 g/mol. The number of rotatable bonds is 5. The number of benzene rings is 2. The molecule has 0 amide bonds. The minimum atomic E-state index is -2.31. The zero-order valence-electron chi connectivity index (χ0n) is 12.2. The van der Waals surface area contributed by atoms with Gasteiger partial charge in [0.05, 0.1) is 0 Å². The lowest BCUT2D eigenvalue weighted by molar-refractivity contribution is 0.265. The lowest BCUT2D eigenvalue weighted by atomic mass is 10.1. The molecule has 0 aliphatic carbocycles. The molecule has 0 bridgehead atoms. The normalized spacial score (nSPS) is 11.9. The number of hydrogen-bond acceptors (Lipinski definition) is 2. The maximum absolute atomic E-state index is 5.65. The molecule has 2 aromatic carbocycles. The molecule has 0 saturated heterocycles. The first kappa shape index (κ1) is 14.7. The first-order chi connectivity index (χ1) is 9.69. The van der Waals surface area contributed by atoms with Crippen molar-refractivity contribution in [3.05, 3.63) is 65.7 Å². The summed E-state index contributed by atoms with van der Waals surface area (Å²) in [6, 6.07) is 18.5. The van der Waals surface area contributed by atoms with E-state index < -0.39 is 8.56 Å². The quantitative estimate of drug-likeness (QED) is 0.618. The van der Waals surface area contributed by atoms with Crippen LogP contribution in [0.4, 0.5) is 0 Å². The van der Waals surface area contributed by atoms with Gasteiger partial charge in [-0.3, -0.25) is 0 Å². The van der Waals surface area contributed by atoms with Gasteiger partial charge in [-0.15, -0.1) is 0 Å². The Morgan fingerprint density at radius 2 is 1.40 bits per heavy atom. The van der Waals surface area contributed by atoms with Gasteiger partial charge < -0.3 is 8.85 Å². The van der Waals surface area contributed by atoms with E-state index in [1.54, 1.807) is 14.2 Å². The van der Waals surface area contributed by atoms with Gasteiger partial charge >= 0.3 is 8.56 Å². The van der Waals surface area contributed by atoms with Gasteiger partial charge in [0, 0.05) is 19.4 Å². The van der Waals surface area contributed by atoms with Crippen molar-refractivity contribution in [3.63, 3.8) is 0 Å². The average Bonchev–Trinajstić information content (AvgIpc) is 2.53. The van der Waals surface area contributed by atoms with Crippen LogP contribution in [0.3, 0.4) is 0 Å². The first-order valence-corrected chi connectivity index (χ1v) is 8.94. The molecule has 0 heterocycles. The Morgan fingerprint density at radius 3 is 2.05 bits per heavy atom. The molecule has 2 aromatic rings. The number of hydrogen-bond donors (Lipinski definition) is 0. The Labute approximate surface area is 121 Å². The van der Waals surface area contributed by atoms with E-state index in [-0.39, 0.29) is 0 Å². The van der Waals surface area contributed by atoms with Crippen molar-refractivity contribution in [1.82, 2.24) is 0 Å². The van der Waals surface area contributed by atoms with E-state index in [4.69, 9.17) is 8.85 Å². The third-order valence-corrected chi connectivity index (χ3v) is 6.48. The Hall–Kier alpha value is -1.68. The van der Waals surface area contributed by atoms with Crippen molar-refractivity contribution in [2.45, 2.75) is 6.55 Å². The predicted octanol–water partition coefficient (Wildman–Crippen LogP) is 3.43. The van der Waals surface area contributed by atoms with E-state index >= 15 is 0 Å². The van der Waals surface area contributed by atoms with Crippen molar-refractivity contribution in [1.29, 1.82) is 0 Å². The van der Waals surface area contributed by atoms with Crippen LogP contribution in [0.15, 0.2) is 54.6 Å². The topological polar surface area (TPSA) is 18.5 Å². The van der Waals surface area contributed by atoms with Crippen molar-refractivity contribution < 1.29 is 8.85 Å². The maximum Gasteiger partial charge on any atom is 0.369 e. The molecule has 2 rings (SSSR count). The van der Waals surface area contributed by atoms with Crippen LogP contribution < -0.4 is 5.19 Å². The summed E-state index contributed by atoms with van der Waals surface area (Å²) in [5.41, 5.74) is 2.33. The largest absolute Gasteiger partial charge is 0.394 e. The molecule has 0 spiro atoms. The molecule has 0 aliphatic rings. The van der Waals surface area contributed by atoms with Crippen molar-refractivity contribution in [3.8, 4) is 0 Å². The molecule has 0 aliphatic heterocycles. The Kier molecular flexibility index (Phi) is 4.90. The lowest BCUT2D eigenvalue weighted by Crippen LogP contribution is -2.50. The summed E-state index contributed by atoms with van der Waals surface area (Å²) >= 11 is 0. The van der Waals surface area contributed by atoms with Gasteiger partial charge in [-0.25, -0.2) is 0 Å². The first-order valence-electron chi connectivity index (χ1n) is 6.62. The fraction of sp³-hybridized carbons (Fsp3) is 0.176. The molecule has 2 nitrogen and oxygen atoms in total. The highest BCUT2D eigenvalue weighted by molar-refractivity contribution is 6.80. The molecular weight excluding hydrogens is 264 g/mol. The lowest BCUT2D eigenvalue weighted by Gasteiger charge is -2.24. The molecule has 0 aromatic heterocycles. The Bertz CT molecular complexity index is 575. The molecule has 3 heteroatoms. The van der Waals surface area contributed by atoms with Crippen molar-refractivity contribution in [2.75, 3.05) is 14.2 Å². The Balaban J connectivity index is 2.36. The smallest absolute Gasteiger partial charge is 0.369 e. The van der Waals surface area contributed by atoms with Gasteiger partial charge in [0.25, 0.3) is 0 Å². The molecule has 20 heavy (non-hydrogen) atoms. The van der Waals surface area contributed by atoms with Crippen LogP contribution in [-0.4, -0.2) is 22.8 Å². The summed E-state index contributed by atoms with van der Waals surface area (Å²) in [6.45, 7) is 2.06. The van der Waals surface area contributed by atoms with E-state index in [1.165, 1.54) is 5.56 Å². The monoisotopic (exact) mass is 284 g/mol. The zero-order chi connectivity index (χ0) is 14.4. The van der Waals surface area contributed by atoms with Gasteiger partial charge in [0.2, 0.25) is 0 Å². The second-order valence-electron chi connectivity index (χ2n) is 4.69. The summed E-state index contributed by atoms with van der Waals surface area (Å²) < 4.78 is 11.3. The molecule has 0 unspecified atom stereocenters. The molecule has 0 saturated carbocycles. The third kappa shape index (κ3) is 3.25. The van der Waals surface area contributed by atoms with Crippen LogP contribution in [0.2, 0.25) is 6.55 Å². The summed E-state index contributed by atoms with van der Waals surface area (Å²) in [7, 11) is 1.12. The second-order valence-corrected chi connectivity index (χ2v) is 7.93. The summed E-state index contributed by atoms with van der Waals surface area (Å²) in [4.78, 5) is 0. The van der Waals surface area contributed by atoms with Crippen LogP contribution >= 0.6 is 0 Å².